The van der Waals surface area contributed by atoms with E-state index in [9.17, 15) is 4.79 Å². The molecule has 0 aliphatic carbocycles. The molecule has 0 heterocycles. The zero-order chi connectivity index (χ0) is 8.69. The van der Waals surface area contributed by atoms with Gasteiger partial charge in [0.05, 0.1) is 19.8 Å². The van der Waals surface area contributed by atoms with Crippen LogP contribution in [0.1, 0.15) is 0 Å². The molecule has 0 fully saturated rings. The van der Waals surface area contributed by atoms with Crippen molar-refractivity contribution in [1.82, 2.24) is 4.90 Å². The molecule has 3 N–H and O–H groups in total. The maximum absolute atomic E-state index is 10.2. The first-order chi connectivity index (χ1) is 5.20. The number of carboxylic acid groups (broad SMARTS) is 1. The zero-order valence-electron chi connectivity index (χ0n) is 6.94. The molecule has 12 heavy (non-hydrogen) atoms. The first-order valence-corrected chi connectivity index (χ1v) is 3.36. The van der Waals surface area contributed by atoms with Gasteiger partial charge in [0, 0.05) is 32.6 Å². The summed E-state index contributed by atoms with van der Waals surface area (Å²) in [5, 5.41) is 25.3. The van der Waals surface area contributed by atoms with Crippen molar-refractivity contribution in [1.29, 1.82) is 0 Å². The maximum Gasteiger partial charge on any atom is 0.317 e. The molecule has 0 aliphatic heterocycles. The van der Waals surface area contributed by atoms with E-state index in [1.54, 1.807) is 0 Å². The van der Waals surface area contributed by atoms with Crippen molar-refractivity contribution in [3.05, 3.63) is 0 Å². The second-order valence-corrected chi connectivity index (χ2v) is 2.12. The summed E-state index contributed by atoms with van der Waals surface area (Å²) in [4.78, 5) is 11.6. The molecule has 0 saturated carbocycles. The van der Waals surface area contributed by atoms with E-state index in [-0.39, 0.29) is 52.3 Å². The minimum atomic E-state index is -0.952. The average Bonchev–Trinajstić information content (AvgIpc) is 1.87. The van der Waals surface area contributed by atoms with Crippen molar-refractivity contribution in [3.63, 3.8) is 0 Å². The number of hydrogen-bond donors (Lipinski definition) is 3. The van der Waals surface area contributed by atoms with Crippen molar-refractivity contribution in [3.8, 4) is 0 Å². The van der Waals surface area contributed by atoms with Crippen LogP contribution in [-0.4, -0.2) is 59.0 Å². The summed E-state index contributed by atoms with van der Waals surface area (Å²) in [7, 11) is 0. The number of carbonyl (C=O) groups is 1. The standard InChI is InChI=1S/C6H13NO4.Zn/c8-3-1-7(2-4-9)5-6(10)11;/h8-9H,1-5H2,(H,10,11);. The van der Waals surface area contributed by atoms with E-state index in [4.69, 9.17) is 15.3 Å². The van der Waals surface area contributed by atoms with E-state index in [1.165, 1.54) is 4.90 Å². The summed E-state index contributed by atoms with van der Waals surface area (Å²) in [6.45, 7) is 0.251. The van der Waals surface area contributed by atoms with Crippen LogP contribution in [0.3, 0.4) is 0 Å². The summed E-state index contributed by atoms with van der Waals surface area (Å²) in [5.41, 5.74) is 0. The summed E-state index contributed by atoms with van der Waals surface area (Å²) in [6.07, 6.45) is 0. The first-order valence-electron chi connectivity index (χ1n) is 3.36. The van der Waals surface area contributed by atoms with Crippen LogP contribution >= 0.6 is 0 Å². The second kappa shape index (κ2) is 9.06. The minimum absolute atomic E-state index is 0. The van der Waals surface area contributed by atoms with Crippen LogP contribution in [0, 0.1) is 0 Å². The van der Waals surface area contributed by atoms with E-state index < -0.39 is 5.97 Å². The molecule has 0 radical (unpaired) electrons. The molecule has 0 spiro atoms. The summed E-state index contributed by atoms with van der Waals surface area (Å²) < 4.78 is 0. The van der Waals surface area contributed by atoms with Crippen molar-refractivity contribution in [2.75, 3.05) is 32.8 Å². The Labute approximate surface area is 83.8 Å². The van der Waals surface area contributed by atoms with Crippen LogP contribution in [-0.2, 0) is 24.3 Å². The SMILES string of the molecule is O=C(O)CN(CCO)CCO.[Zn]. The van der Waals surface area contributed by atoms with Gasteiger partial charge in [-0.3, -0.25) is 9.69 Å². The molecule has 0 atom stereocenters. The fourth-order valence-electron chi connectivity index (χ4n) is 0.744. The Hall–Kier alpha value is -0.0266. The Morgan fingerprint density at radius 2 is 1.58 bits per heavy atom. The maximum atomic E-state index is 10.2. The molecule has 68 valence electrons. The summed E-state index contributed by atoms with van der Waals surface area (Å²) in [6, 6.07) is 0. The Bertz CT molecular complexity index is 116. The normalized spacial score (nSPS) is 9.58. The van der Waals surface area contributed by atoms with Crippen LogP contribution in [0.25, 0.3) is 0 Å². The molecule has 0 aliphatic rings. The molecule has 0 aromatic heterocycles. The third-order valence-electron chi connectivity index (χ3n) is 1.19. The second-order valence-electron chi connectivity index (χ2n) is 2.12. The molecule has 0 saturated heterocycles. The van der Waals surface area contributed by atoms with Gasteiger partial charge in [-0.25, -0.2) is 0 Å². The monoisotopic (exact) mass is 227 g/mol. The number of aliphatic carboxylic acids is 1. The number of aliphatic hydroxyl groups excluding tert-OH is 2. The molecule has 0 aromatic carbocycles. The number of carboxylic acids is 1. The van der Waals surface area contributed by atoms with E-state index >= 15 is 0 Å². The van der Waals surface area contributed by atoms with Gasteiger partial charge in [0.25, 0.3) is 0 Å². The summed E-state index contributed by atoms with van der Waals surface area (Å²) >= 11 is 0. The third kappa shape index (κ3) is 8.07. The van der Waals surface area contributed by atoms with Crippen molar-refractivity contribution in [2.45, 2.75) is 0 Å². The Morgan fingerprint density at radius 1 is 1.17 bits per heavy atom. The van der Waals surface area contributed by atoms with Gasteiger partial charge in [0.2, 0.25) is 0 Å². The van der Waals surface area contributed by atoms with Crippen LogP contribution in [0.4, 0.5) is 0 Å². The van der Waals surface area contributed by atoms with Crippen LogP contribution in [0.5, 0.6) is 0 Å². The van der Waals surface area contributed by atoms with Gasteiger partial charge in [-0.15, -0.1) is 0 Å². The number of rotatable bonds is 6. The van der Waals surface area contributed by atoms with Crippen LogP contribution in [0.15, 0.2) is 0 Å². The topological polar surface area (TPSA) is 81.0 Å². The molecular weight excluding hydrogens is 215 g/mol. The van der Waals surface area contributed by atoms with E-state index in [0.717, 1.165) is 0 Å². The van der Waals surface area contributed by atoms with Gasteiger partial charge in [0.15, 0.2) is 0 Å². The van der Waals surface area contributed by atoms with Crippen molar-refractivity contribution >= 4 is 5.97 Å². The van der Waals surface area contributed by atoms with E-state index in [0.29, 0.717) is 0 Å². The molecule has 0 aromatic rings. The van der Waals surface area contributed by atoms with Crippen LogP contribution in [0.2, 0.25) is 0 Å². The molecule has 6 heteroatoms. The van der Waals surface area contributed by atoms with Crippen molar-refractivity contribution < 1.29 is 39.6 Å². The van der Waals surface area contributed by atoms with E-state index in [2.05, 4.69) is 0 Å². The quantitative estimate of drug-likeness (QED) is 0.475. The molecular formula is C6H13NO4Zn. The Balaban J connectivity index is 0. The van der Waals surface area contributed by atoms with Gasteiger partial charge in [0.1, 0.15) is 0 Å². The third-order valence-corrected chi connectivity index (χ3v) is 1.19. The summed E-state index contributed by atoms with van der Waals surface area (Å²) in [5.74, 6) is -0.952. The molecule has 5 nitrogen and oxygen atoms in total. The first kappa shape index (κ1) is 14.5. The minimum Gasteiger partial charge on any atom is -0.480 e. The molecule has 0 rings (SSSR count). The van der Waals surface area contributed by atoms with Gasteiger partial charge >= 0.3 is 5.97 Å². The van der Waals surface area contributed by atoms with Gasteiger partial charge < -0.3 is 15.3 Å². The van der Waals surface area contributed by atoms with E-state index in [1.807, 2.05) is 0 Å². The molecule has 0 amide bonds. The predicted octanol–water partition coefficient (Wildman–Crippen LogP) is -1.64. The zero-order valence-corrected chi connectivity index (χ0v) is 9.91. The predicted molar refractivity (Wildman–Crippen MR) is 38.2 cm³/mol. The Kier molecular flexibility index (Phi) is 10.9. The number of nitrogens with zero attached hydrogens (tertiary/aromatic N) is 1. The van der Waals surface area contributed by atoms with Crippen molar-refractivity contribution in [2.24, 2.45) is 0 Å². The molecule has 0 unspecified atom stereocenters. The average molecular weight is 229 g/mol. The fraction of sp³-hybridized carbons (Fsp3) is 0.833. The fourth-order valence-corrected chi connectivity index (χ4v) is 0.744. The molecule has 0 bridgehead atoms. The number of hydrogen-bond acceptors (Lipinski definition) is 4. The smallest absolute Gasteiger partial charge is 0.317 e. The van der Waals surface area contributed by atoms with Crippen LogP contribution < -0.4 is 0 Å². The van der Waals surface area contributed by atoms with Gasteiger partial charge in [-0.05, 0) is 0 Å². The van der Waals surface area contributed by atoms with Gasteiger partial charge in [-0.2, -0.15) is 0 Å². The van der Waals surface area contributed by atoms with Gasteiger partial charge in [-0.1, -0.05) is 0 Å². The largest absolute Gasteiger partial charge is 0.480 e. The number of aliphatic hydroxyl groups is 2. The Morgan fingerprint density at radius 3 is 1.83 bits per heavy atom.